The molecule has 1 fully saturated rings. The molecule has 4 nitrogen and oxygen atoms in total. The average molecular weight is 288 g/mol. The van der Waals surface area contributed by atoms with E-state index in [0.29, 0.717) is 0 Å². The zero-order valence-corrected chi connectivity index (χ0v) is 13.6. The molecule has 0 unspecified atom stereocenters. The highest BCUT2D eigenvalue weighted by atomic mass is 31.2. The van der Waals surface area contributed by atoms with E-state index in [1.54, 1.807) is 13.8 Å². The zero-order chi connectivity index (χ0) is 14.8. The van der Waals surface area contributed by atoms with Crippen LogP contribution >= 0.6 is 7.60 Å². The molecule has 0 bridgehead atoms. The number of carbonyl (C=O) groups is 1. The molecule has 0 aromatic heterocycles. The molecule has 0 N–H and O–H groups in total. The van der Waals surface area contributed by atoms with Gasteiger partial charge in [-0.1, -0.05) is 25.5 Å². The van der Waals surface area contributed by atoms with E-state index in [1.165, 1.54) is 0 Å². The van der Waals surface area contributed by atoms with Gasteiger partial charge in [-0.05, 0) is 39.0 Å². The summed E-state index contributed by atoms with van der Waals surface area (Å²) < 4.78 is 22.8. The summed E-state index contributed by atoms with van der Waals surface area (Å²) in [6.45, 7) is 11.9. The van der Waals surface area contributed by atoms with Crippen LogP contribution < -0.4 is 0 Å². The molecule has 0 amide bonds. The Kier molecular flexibility index (Phi) is 5.16. The molecule has 0 heterocycles. The van der Waals surface area contributed by atoms with Crippen molar-refractivity contribution >= 4 is 13.1 Å². The Hall–Kier alpha value is -0.440. The van der Waals surface area contributed by atoms with E-state index in [-0.39, 0.29) is 36.0 Å². The fourth-order valence-corrected chi connectivity index (χ4v) is 4.34. The van der Waals surface area contributed by atoms with E-state index in [1.807, 2.05) is 27.7 Å². The van der Waals surface area contributed by atoms with Crippen molar-refractivity contribution in [2.24, 2.45) is 17.3 Å². The molecule has 0 radical (unpaired) electrons. The maximum atomic E-state index is 12.5. The molecule has 1 rings (SSSR count). The van der Waals surface area contributed by atoms with Crippen molar-refractivity contribution in [2.75, 3.05) is 13.2 Å². The second-order valence-corrected chi connectivity index (χ2v) is 7.69. The Bertz CT molecular complexity index is 411. The summed E-state index contributed by atoms with van der Waals surface area (Å²) in [5, 5.41) is 0. The maximum Gasteiger partial charge on any atom is 0.397 e. The third-order valence-electron chi connectivity index (χ3n) is 3.56. The summed E-state index contributed by atoms with van der Waals surface area (Å²) >= 11 is 0. The Balaban J connectivity index is 2.94. The smallest absolute Gasteiger partial charge is 0.303 e. The van der Waals surface area contributed by atoms with Crippen molar-refractivity contribution in [3.8, 4) is 0 Å². The van der Waals surface area contributed by atoms with Crippen LogP contribution in [0.5, 0.6) is 0 Å². The third-order valence-corrected chi connectivity index (χ3v) is 5.57. The summed E-state index contributed by atoms with van der Waals surface area (Å²) in [5.41, 5.74) is 0.623. The molecule has 19 heavy (non-hydrogen) atoms. The molecule has 1 saturated carbocycles. The second-order valence-electron chi connectivity index (χ2n) is 5.74. The SMILES string of the molecule is CCOP(=O)(OCC)C(=O)[C@H]1[C@H](C=C(C)C)C1(C)C. The van der Waals surface area contributed by atoms with Crippen molar-refractivity contribution < 1.29 is 18.4 Å². The van der Waals surface area contributed by atoms with Gasteiger partial charge < -0.3 is 9.05 Å². The average Bonchev–Trinajstić information content (AvgIpc) is 2.79. The van der Waals surface area contributed by atoms with Gasteiger partial charge >= 0.3 is 7.60 Å². The quantitative estimate of drug-likeness (QED) is 0.524. The highest BCUT2D eigenvalue weighted by molar-refractivity contribution is 7.71. The molecule has 0 aromatic carbocycles. The summed E-state index contributed by atoms with van der Waals surface area (Å²) in [6, 6.07) is 0. The minimum Gasteiger partial charge on any atom is -0.303 e. The molecule has 110 valence electrons. The highest BCUT2D eigenvalue weighted by Gasteiger charge is 2.64. The fourth-order valence-electron chi connectivity index (χ4n) is 2.49. The predicted octanol–water partition coefficient (Wildman–Crippen LogP) is 4.02. The Morgan fingerprint density at radius 1 is 1.21 bits per heavy atom. The normalized spacial score (nSPS) is 24.9. The molecule has 0 aromatic rings. The first-order valence-corrected chi connectivity index (χ1v) is 8.33. The maximum absolute atomic E-state index is 12.5. The van der Waals surface area contributed by atoms with Crippen LogP contribution in [0.3, 0.4) is 0 Å². The van der Waals surface area contributed by atoms with Gasteiger partial charge in [0, 0.05) is 5.92 Å². The Morgan fingerprint density at radius 2 is 1.68 bits per heavy atom. The molecular formula is C14H25O4P. The lowest BCUT2D eigenvalue weighted by molar-refractivity contribution is -0.115. The third kappa shape index (κ3) is 3.36. The van der Waals surface area contributed by atoms with Gasteiger partial charge in [-0.25, -0.2) is 0 Å². The number of rotatable bonds is 7. The number of carbonyl (C=O) groups excluding carboxylic acids is 1. The minimum absolute atomic E-state index is 0.124. The van der Waals surface area contributed by atoms with Crippen LogP contribution in [0.1, 0.15) is 41.5 Å². The first kappa shape index (κ1) is 16.6. The van der Waals surface area contributed by atoms with Gasteiger partial charge in [-0.15, -0.1) is 0 Å². The molecular weight excluding hydrogens is 263 g/mol. The lowest BCUT2D eigenvalue weighted by Gasteiger charge is -2.16. The second kappa shape index (κ2) is 5.90. The summed E-state index contributed by atoms with van der Waals surface area (Å²) in [4.78, 5) is 12.5. The highest BCUT2D eigenvalue weighted by Crippen LogP contribution is 2.66. The number of hydrogen-bond donors (Lipinski definition) is 0. The standard InChI is InChI=1S/C14H25O4P/c1-7-17-19(16,18-8-2)13(15)12-11(9-10(3)4)14(12,5)6/h9,11-12H,7-8H2,1-6H3/t11-,12+/m0/s1. The molecule has 0 spiro atoms. The monoisotopic (exact) mass is 288 g/mol. The summed E-state index contributed by atoms with van der Waals surface area (Å²) in [6.07, 6.45) is 2.07. The lowest BCUT2D eigenvalue weighted by atomic mass is 10.1. The molecule has 2 atom stereocenters. The van der Waals surface area contributed by atoms with Gasteiger partial charge in [0.15, 0.2) is 0 Å². The van der Waals surface area contributed by atoms with Crippen LogP contribution in [0.2, 0.25) is 0 Å². The van der Waals surface area contributed by atoms with Gasteiger partial charge in [0.1, 0.15) is 0 Å². The van der Waals surface area contributed by atoms with Crippen LogP contribution in [-0.4, -0.2) is 18.7 Å². The van der Waals surface area contributed by atoms with Crippen LogP contribution in [0, 0.1) is 17.3 Å². The number of hydrogen-bond acceptors (Lipinski definition) is 4. The molecule has 1 aliphatic carbocycles. The van der Waals surface area contributed by atoms with E-state index in [4.69, 9.17) is 9.05 Å². The predicted molar refractivity (Wildman–Crippen MR) is 76.1 cm³/mol. The van der Waals surface area contributed by atoms with Gasteiger partial charge in [-0.3, -0.25) is 9.36 Å². The zero-order valence-electron chi connectivity index (χ0n) is 12.7. The van der Waals surface area contributed by atoms with Crippen molar-refractivity contribution in [1.29, 1.82) is 0 Å². The molecule has 0 aliphatic heterocycles. The van der Waals surface area contributed by atoms with Crippen LogP contribution in [0.4, 0.5) is 0 Å². The Labute approximate surface area is 116 Å². The van der Waals surface area contributed by atoms with Crippen LogP contribution in [0.25, 0.3) is 0 Å². The van der Waals surface area contributed by atoms with E-state index in [2.05, 4.69) is 6.08 Å². The van der Waals surface area contributed by atoms with Gasteiger partial charge in [0.2, 0.25) is 5.52 Å². The summed E-state index contributed by atoms with van der Waals surface area (Å²) in [5.74, 6) is -0.148. The van der Waals surface area contributed by atoms with Crippen molar-refractivity contribution in [3.63, 3.8) is 0 Å². The van der Waals surface area contributed by atoms with Crippen molar-refractivity contribution in [1.82, 2.24) is 0 Å². The fraction of sp³-hybridized carbons (Fsp3) is 0.786. The number of allylic oxidation sites excluding steroid dienone is 2. The topological polar surface area (TPSA) is 52.6 Å². The molecule has 5 heteroatoms. The van der Waals surface area contributed by atoms with E-state index < -0.39 is 7.60 Å². The lowest BCUT2D eigenvalue weighted by Crippen LogP contribution is -2.12. The molecule has 0 saturated heterocycles. The van der Waals surface area contributed by atoms with Gasteiger partial charge in [0.25, 0.3) is 0 Å². The van der Waals surface area contributed by atoms with E-state index >= 15 is 0 Å². The van der Waals surface area contributed by atoms with Crippen molar-refractivity contribution in [2.45, 2.75) is 41.5 Å². The van der Waals surface area contributed by atoms with Gasteiger partial charge in [-0.2, -0.15) is 0 Å². The minimum atomic E-state index is -3.63. The first-order chi connectivity index (χ1) is 8.70. The van der Waals surface area contributed by atoms with Crippen LogP contribution in [0.15, 0.2) is 11.6 Å². The molecule has 1 aliphatic rings. The largest absolute Gasteiger partial charge is 0.397 e. The van der Waals surface area contributed by atoms with Gasteiger partial charge in [0.05, 0.1) is 13.2 Å². The van der Waals surface area contributed by atoms with Crippen molar-refractivity contribution in [3.05, 3.63) is 11.6 Å². The Morgan fingerprint density at radius 3 is 2.05 bits per heavy atom. The summed E-state index contributed by atoms with van der Waals surface area (Å²) in [7, 11) is -3.63. The van der Waals surface area contributed by atoms with E-state index in [9.17, 15) is 9.36 Å². The van der Waals surface area contributed by atoms with E-state index in [0.717, 1.165) is 5.57 Å². The van der Waals surface area contributed by atoms with Crippen LogP contribution in [-0.2, 0) is 18.4 Å². The first-order valence-electron chi connectivity index (χ1n) is 6.79.